The van der Waals surface area contributed by atoms with Gasteiger partial charge < -0.3 is 15.8 Å². The Bertz CT molecular complexity index is 831. The fraction of sp³-hybridized carbons (Fsp3) is 0.368. The molecule has 1 fully saturated rings. The molecule has 8 heteroatoms. The number of halogens is 1. The number of carbonyl (C=O) groups is 2. The number of benzene rings is 1. The van der Waals surface area contributed by atoms with Gasteiger partial charge in [0.2, 0.25) is 5.91 Å². The normalized spacial score (nSPS) is 15.5. The van der Waals surface area contributed by atoms with E-state index in [-0.39, 0.29) is 23.5 Å². The monoisotopic (exact) mass is 391 g/mol. The Balaban J connectivity index is 1.49. The predicted octanol–water partition coefficient (Wildman–Crippen LogP) is 2.39. The highest BCUT2D eigenvalue weighted by Crippen LogP contribution is 2.21. The van der Waals surface area contributed by atoms with E-state index in [2.05, 4.69) is 10.2 Å². The van der Waals surface area contributed by atoms with Crippen LogP contribution in [0.1, 0.15) is 38.4 Å². The number of hydrogen-bond donors (Lipinski definition) is 2. The highest BCUT2D eigenvalue weighted by Gasteiger charge is 2.22. The van der Waals surface area contributed by atoms with Gasteiger partial charge in [-0.1, -0.05) is 6.07 Å². The molecule has 0 atom stereocenters. The average molecular weight is 391 g/mol. The van der Waals surface area contributed by atoms with E-state index in [1.54, 1.807) is 11.4 Å². The van der Waals surface area contributed by atoms with Crippen molar-refractivity contribution in [1.82, 2.24) is 10.2 Å². The molecule has 0 saturated carbocycles. The Hall–Kier alpha value is -2.45. The number of likely N-dealkylation sites (tertiary alicyclic amines) is 1. The van der Waals surface area contributed by atoms with Gasteiger partial charge in [-0.2, -0.15) is 0 Å². The predicted molar refractivity (Wildman–Crippen MR) is 102 cm³/mol. The topological polar surface area (TPSA) is 84.7 Å². The Kier molecular flexibility index (Phi) is 6.08. The van der Waals surface area contributed by atoms with Crippen molar-refractivity contribution in [1.29, 1.82) is 0 Å². The minimum atomic E-state index is -0.534. The van der Waals surface area contributed by atoms with Gasteiger partial charge in [0.25, 0.3) is 5.91 Å². The summed E-state index contributed by atoms with van der Waals surface area (Å²) >= 11 is 1.21. The van der Waals surface area contributed by atoms with Crippen molar-refractivity contribution in [3.05, 3.63) is 51.5 Å². The van der Waals surface area contributed by atoms with Crippen LogP contribution in [0.15, 0.2) is 29.6 Å². The van der Waals surface area contributed by atoms with Crippen LogP contribution in [-0.4, -0.2) is 43.0 Å². The van der Waals surface area contributed by atoms with Crippen LogP contribution in [-0.2, 0) is 6.54 Å². The third-order valence-corrected chi connectivity index (χ3v) is 5.58. The molecule has 144 valence electrons. The molecule has 2 amide bonds. The van der Waals surface area contributed by atoms with Crippen molar-refractivity contribution in [3.63, 3.8) is 0 Å². The third kappa shape index (κ3) is 4.84. The highest BCUT2D eigenvalue weighted by atomic mass is 32.1. The molecule has 3 N–H and O–H groups in total. The van der Waals surface area contributed by atoms with Crippen molar-refractivity contribution < 1.29 is 18.7 Å². The number of amides is 2. The van der Waals surface area contributed by atoms with Crippen molar-refractivity contribution in [2.75, 3.05) is 20.2 Å². The summed E-state index contributed by atoms with van der Waals surface area (Å²) in [5.74, 6) is -0.826. The van der Waals surface area contributed by atoms with E-state index in [1.165, 1.54) is 30.6 Å². The van der Waals surface area contributed by atoms with E-state index in [1.807, 2.05) is 6.07 Å². The van der Waals surface area contributed by atoms with Crippen LogP contribution >= 0.6 is 11.3 Å². The van der Waals surface area contributed by atoms with Crippen molar-refractivity contribution in [2.45, 2.75) is 25.4 Å². The van der Waals surface area contributed by atoms with E-state index in [0.717, 1.165) is 31.5 Å². The molecule has 0 bridgehead atoms. The van der Waals surface area contributed by atoms with Gasteiger partial charge in [-0.25, -0.2) is 4.39 Å². The number of nitrogens with one attached hydrogen (secondary N) is 1. The first-order valence-electron chi connectivity index (χ1n) is 8.70. The number of nitrogens with zero attached hydrogens (tertiary/aromatic N) is 1. The smallest absolute Gasteiger partial charge is 0.261 e. The Morgan fingerprint density at radius 1 is 1.33 bits per heavy atom. The Labute approximate surface area is 161 Å². The second-order valence-electron chi connectivity index (χ2n) is 6.56. The lowest BCUT2D eigenvalue weighted by molar-refractivity contribution is 0.0913. The SMILES string of the molecule is COc1ccc(CN2CCC(NC(=O)c3cc(C(N)=O)cs3)CC2)cc1F. The van der Waals surface area contributed by atoms with Crippen LogP contribution in [0, 0.1) is 5.82 Å². The summed E-state index contributed by atoms with van der Waals surface area (Å²) in [4.78, 5) is 26.2. The van der Waals surface area contributed by atoms with Gasteiger partial charge in [-0.15, -0.1) is 11.3 Å². The summed E-state index contributed by atoms with van der Waals surface area (Å²) in [7, 11) is 1.45. The number of piperidine rings is 1. The maximum absolute atomic E-state index is 13.8. The average Bonchev–Trinajstić information content (AvgIpc) is 3.14. The van der Waals surface area contributed by atoms with Gasteiger partial charge in [0.05, 0.1) is 17.6 Å². The molecule has 27 heavy (non-hydrogen) atoms. The molecular formula is C19H22FN3O3S. The summed E-state index contributed by atoms with van der Waals surface area (Å²) in [6.07, 6.45) is 1.64. The molecule has 0 radical (unpaired) electrons. The number of hydrogen-bond acceptors (Lipinski definition) is 5. The van der Waals surface area contributed by atoms with Crippen molar-refractivity contribution in [3.8, 4) is 5.75 Å². The minimum Gasteiger partial charge on any atom is -0.494 e. The van der Waals surface area contributed by atoms with Crippen LogP contribution < -0.4 is 15.8 Å². The molecule has 1 aromatic carbocycles. The van der Waals surface area contributed by atoms with E-state index in [4.69, 9.17) is 10.5 Å². The summed E-state index contributed by atoms with van der Waals surface area (Å²) < 4.78 is 18.7. The Morgan fingerprint density at radius 3 is 2.67 bits per heavy atom. The zero-order valence-corrected chi connectivity index (χ0v) is 15.9. The highest BCUT2D eigenvalue weighted by molar-refractivity contribution is 7.12. The van der Waals surface area contributed by atoms with E-state index < -0.39 is 5.91 Å². The fourth-order valence-corrected chi connectivity index (χ4v) is 3.94. The second-order valence-corrected chi connectivity index (χ2v) is 7.47. The van der Waals surface area contributed by atoms with Crippen LogP contribution in [0.3, 0.4) is 0 Å². The number of methoxy groups -OCH3 is 1. The zero-order valence-electron chi connectivity index (χ0n) is 15.0. The summed E-state index contributed by atoms with van der Waals surface area (Å²) in [5, 5.41) is 4.60. The minimum absolute atomic E-state index is 0.0838. The number of thiophene rings is 1. The molecule has 1 aliphatic rings. The third-order valence-electron chi connectivity index (χ3n) is 4.65. The maximum Gasteiger partial charge on any atom is 0.261 e. The molecule has 2 heterocycles. The van der Waals surface area contributed by atoms with Gasteiger partial charge in [-0.05, 0) is 36.6 Å². The van der Waals surface area contributed by atoms with E-state index in [9.17, 15) is 14.0 Å². The molecule has 2 aromatic rings. The number of ether oxygens (including phenoxy) is 1. The number of nitrogens with two attached hydrogens (primary N) is 1. The molecular weight excluding hydrogens is 369 g/mol. The molecule has 6 nitrogen and oxygen atoms in total. The van der Waals surface area contributed by atoms with E-state index >= 15 is 0 Å². The second kappa shape index (κ2) is 8.49. The standard InChI is InChI=1S/C19H22FN3O3S/c1-26-16-3-2-12(8-15(16)20)10-23-6-4-14(5-7-23)22-19(25)17-9-13(11-27-17)18(21)24/h2-3,8-9,11,14H,4-7,10H2,1H3,(H2,21,24)(H,22,25). The quantitative estimate of drug-likeness (QED) is 0.792. The lowest BCUT2D eigenvalue weighted by atomic mass is 10.0. The van der Waals surface area contributed by atoms with E-state index in [0.29, 0.717) is 17.0 Å². The molecule has 1 aromatic heterocycles. The first-order chi connectivity index (χ1) is 13.0. The molecule has 1 saturated heterocycles. The van der Waals surface area contributed by atoms with Crippen molar-refractivity contribution >= 4 is 23.2 Å². The van der Waals surface area contributed by atoms with Gasteiger partial charge >= 0.3 is 0 Å². The number of primary amides is 1. The molecule has 1 aliphatic heterocycles. The van der Waals surface area contributed by atoms with Crippen molar-refractivity contribution in [2.24, 2.45) is 5.73 Å². The lowest BCUT2D eigenvalue weighted by Crippen LogP contribution is -2.44. The summed E-state index contributed by atoms with van der Waals surface area (Å²) in [6, 6.07) is 6.61. The Morgan fingerprint density at radius 2 is 2.07 bits per heavy atom. The first kappa shape index (κ1) is 19.3. The fourth-order valence-electron chi connectivity index (χ4n) is 3.14. The van der Waals surface area contributed by atoms with Crippen LogP contribution in [0.4, 0.5) is 4.39 Å². The van der Waals surface area contributed by atoms with Gasteiger partial charge in [0, 0.05) is 31.1 Å². The van der Waals surface area contributed by atoms with Gasteiger partial charge in [0.15, 0.2) is 11.6 Å². The largest absolute Gasteiger partial charge is 0.494 e. The van der Waals surface area contributed by atoms with Crippen LogP contribution in [0.2, 0.25) is 0 Å². The van der Waals surface area contributed by atoms with Crippen LogP contribution in [0.25, 0.3) is 0 Å². The maximum atomic E-state index is 13.8. The first-order valence-corrected chi connectivity index (χ1v) is 9.58. The number of carbonyl (C=O) groups excluding carboxylic acids is 2. The zero-order chi connectivity index (χ0) is 19.4. The molecule has 3 rings (SSSR count). The molecule has 0 spiro atoms. The molecule has 0 aliphatic carbocycles. The molecule has 0 unspecified atom stereocenters. The van der Waals surface area contributed by atoms with Gasteiger partial charge in [0.1, 0.15) is 0 Å². The summed E-state index contributed by atoms with van der Waals surface area (Å²) in [6.45, 7) is 2.29. The lowest BCUT2D eigenvalue weighted by Gasteiger charge is -2.32. The van der Waals surface area contributed by atoms with Crippen LogP contribution in [0.5, 0.6) is 5.75 Å². The van der Waals surface area contributed by atoms with Gasteiger partial charge in [-0.3, -0.25) is 14.5 Å². The number of rotatable bonds is 6. The summed E-state index contributed by atoms with van der Waals surface area (Å²) in [5.41, 5.74) is 6.47.